The number of fused-ring (bicyclic) bond motifs is 6. The minimum Gasteiger partial charge on any atom is -0.494 e. The number of hydrogen-bond donors (Lipinski definition) is 1. The summed E-state index contributed by atoms with van der Waals surface area (Å²) >= 11 is 3.49. The zero-order chi connectivity index (χ0) is 34.7. The number of benzene rings is 4. The van der Waals surface area contributed by atoms with Crippen LogP contribution in [0.3, 0.4) is 0 Å². The molecule has 4 aromatic carbocycles. The van der Waals surface area contributed by atoms with E-state index in [9.17, 15) is 14.7 Å². The average Bonchev–Trinajstić information content (AvgIpc) is 3.84. The van der Waals surface area contributed by atoms with Crippen molar-refractivity contribution >= 4 is 72.2 Å². The Kier molecular flexibility index (Phi) is 8.12. The molecule has 9 heteroatoms. The molecule has 8 rings (SSSR count). The van der Waals surface area contributed by atoms with E-state index in [0.29, 0.717) is 18.4 Å². The fourth-order valence-electron chi connectivity index (χ4n) is 7.40. The first kappa shape index (κ1) is 32.1. The predicted molar refractivity (Wildman–Crippen MR) is 208 cm³/mol. The Bertz CT molecular complexity index is 2640. The lowest BCUT2D eigenvalue weighted by molar-refractivity contribution is -0.664. The lowest BCUT2D eigenvalue weighted by atomic mass is 9.99. The molecule has 250 valence electrons. The van der Waals surface area contributed by atoms with Gasteiger partial charge in [0, 0.05) is 37.0 Å². The van der Waals surface area contributed by atoms with Crippen LogP contribution in [-0.4, -0.2) is 20.8 Å². The molecule has 6 aromatic rings. The highest BCUT2D eigenvalue weighted by Gasteiger charge is 2.29. The Morgan fingerprint density at radius 1 is 0.840 bits per heavy atom. The molecule has 50 heavy (non-hydrogen) atoms. The second-order valence-corrected chi connectivity index (χ2v) is 14.8. The topological polar surface area (TPSA) is 71.3 Å². The number of hydrogen-bond acceptors (Lipinski definition) is 6. The van der Waals surface area contributed by atoms with Gasteiger partial charge in [-0.2, -0.15) is 4.57 Å². The Labute approximate surface area is 298 Å². The standard InChI is InChI=1S/C41H36N4O3S2/c1-5-44-33(49-31-21-17-25-11-7-9-13-29(25)37(31)44)23-19-27-15-16-28(35(27)36-39(46)42(3)41(48)43(4)40(36)47)20-24-34-45(6-2)38-30-14-10-8-12-26(30)18-22-32(38)50-34/h7-14,17-24H,5-6,15-16H2,1-4H3/p+1/b27-19+,33-23-. The van der Waals surface area contributed by atoms with Crippen molar-refractivity contribution in [2.24, 2.45) is 14.1 Å². The lowest BCUT2D eigenvalue weighted by Gasteiger charge is -2.19. The molecule has 0 spiro atoms. The highest BCUT2D eigenvalue weighted by atomic mass is 32.2. The van der Waals surface area contributed by atoms with E-state index in [1.54, 1.807) is 23.1 Å². The van der Waals surface area contributed by atoms with E-state index >= 15 is 0 Å². The molecule has 0 fully saturated rings. The molecule has 2 aliphatic rings. The van der Waals surface area contributed by atoms with E-state index in [1.807, 2.05) is 0 Å². The van der Waals surface area contributed by atoms with Crippen LogP contribution in [0.15, 0.2) is 122 Å². The predicted octanol–water partition coefficient (Wildman–Crippen LogP) is 8.28. The molecule has 1 N–H and O–H groups in total. The zero-order valence-corrected chi connectivity index (χ0v) is 30.1. The van der Waals surface area contributed by atoms with Crippen LogP contribution < -0.4 is 20.7 Å². The molecule has 1 aliphatic carbocycles. The van der Waals surface area contributed by atoms with Crippen LogP contribution in [0.4, 0.5) is 5.69 Å². The molecule has 0 amide bonds. The van der Waals surface area contributed by atoms with Crippen LogP contribution in [0.2, 0.25) is 0 Å². The molecular weight excluding hydrogens is 661 g/mol. The lowest BCUT2D eigenvalue weighted by Crippen LogP contribution is -2.38. The Hall–Kier alpha value is -5.12. The number of allylic oxidation sites excluding steroid dienone is 6. The summed E-state index contributed by atoms with van der Waals surface area (Å²) in [6.07, 6.45) is 9.85. The van der Waals surface area contributed by atoms with E-state index in [-0.39, 0.29) is 11.4 Å². The minimum atomic E-state index is -0.563. The number of anilines is 1. The zero-order valence-electron chi connectivity index (χ0n) is 28.4. The molecular formula is C41H37N4O3S2+. The summed E-state index contributed by atoms with van der Waals surface area (Å²) in [6, 6.07) is 25.7. The quantitative estimate of drug-likeness (QED) is 0.178. The van der Waals surface area contributed by atoms with Gasteiger partial charge in [-0.05, 0) is 78.5 Å². The molecule has 0 radical (unpaired) electrons. The third kappa shape index (κ3) is 5.06. The van der Waals surface area contributed by atoms with Gasteiger partial charge in [-0.1, -0.05) is 89.8 Å². The maximum atomic E-state index is 13.8. The van der Waals surface area contributed by atoms with Gasteiger partial charge in [-0.15, -0.1) is 0 Å². The summed E-state index contributed by atoms with van der Waals surface area (Å²) in [5, 5.41) is 18.4. The van der Waals surface area contributed by atoms with Crippen LogP contribution in [0.1, 0.15) is 37.3 Å². The monoisotopic (exact) mass is 697 g/mol. The van der Waals surface area contributed by atoms with Crippen LogP contribution in [-0.2, 0) is 20.6 Å². The van der Waals surface area contributed by atoms with Gasteiger partial charge in [0.2, 0.25) is 11.4 Å². The number of aryl methyl sites for hydroxylation is 1. The van der Waals surface area contributed by atoms with E-state index in [2.05, 4.69) is 120 Å². The summed E-state index contributed by atoms with van der Waals surface area (Å²) in [5.41, 5.74) is 4.11. The third-order valence-corrected chi connectivity index (χ3v) is 12.1. The summed E-state index contributed by atoms with van der Waals surface area (Å²) in [6.45, 7) is 5.94. The summed E-state index contributed by atoms with van der Waals surface area (Å²) in [5.74, 6) is -0.319. The van der Waals surface area contributed by atoms with E-state index in [0.717, 1.165) is 43.4 Å². The largest absolute Gasteiger partial charge is 0.494 e. The second-order valence-electron chi connectivity index (χ2n) is 12.6. The maximum absolute atomic E-state index is 13.8. The van der Waals surface area contributed by atoms with Gasteiger partial charge in [-0.25, -0.2) is 4.79 Å². The van der Waals surface area contributed by atoms with E-state index in [4.69, 9.17) is 0 Å². The van der Waals surface area contributed by atoms with Gasteiger partial charge in [0.1, 0.15) is 16.8 Å². The molecule has 7 nitrogen and oxygen atoms in total. The van der Waals surface area contributed by atoms with E-state index < -0.39 is 11.2 Å². The molecule has 0 atom stereocenters. The normalized spacial score (nSPS) is 16.4. The van der Waals surface area contributed by atoms with Crippen molar-refractivity contribution in [1.82, 2.24) is 9.13 Å². The van der Waals surface area contributed by atoms with Crippen molar-refractivity contribution in [2.75, 3.05) is 11.4 Å². The third-order valence-electron chi connectivity index (χ3n) is 9.90. The molecule has 2 aromatic heterocycles. The van der Waals surface area contributed by atoms with Gasteiger partial charge in [0.05, 0.1) is 16.1 Å². The van der Waals surface area contributed by atoms with Crippen molar-refractivity contribution in [1.29, 1.82) is 0 Å². The number of aromatic nitrogens is 3. The molecule has 1 aliphatic heterocycles. The molecule has 0 unspecified atom stereocenters. The minimum absolute atomic E-state index is 0.155. The van der Waals surface area contributed by atoms with Gasteiger partial charge >= 0.3 is 5.69 Å². The first-order valence-corrected chi connectivity index (χ1v) is 18.6. The molecule has 0 bridgehead atoms. The highest BCUT2D eigenvalue weighted by molar-refractivity contribution is 8.03. The summed E-state index contributed by atoms with van der Waals surface area (Å²) in [4.78, 5) is 30.1. The summed E-state index contributed by atoms with van der Waals surface area (Å²) < 4.78 is 5.78. The fraction of sp³-hybridized carbons (Fsp3) is 0.195. The fourth-order valence-corrected chi connectivity index (χ4v) is 9.69. The first-order valence-electron chi connectivity index (χ1n) is 16.9. The van der Waals surface area contributed by atoms with Crippen LogP contribution in [0.5, 0.6) is 5.88 Å². The average molecular weight is 698 g/mol. The smallest absolute Gasteiger partial charge is 0.333 e. The van der Waals surface area contributed by atoms with Crippen molar-refractivity contribution in [3.63, 3.8) is 0 Å². The van der Waals surface area contributed by atoms with Crippen molar-refractivity contribution < 1.29 is 9.67 Å². The van der Waals surface area contributed by atoms with Gasteiger partial charge in [0.25, 0.3) is 10.6 Å². The van der Waals surface area contributed by atoms with Gasteiger partial charge in [0.15, 0.2) is 0 Å². The second kappa shape index (κ2) is 12.6. The van der Waals surface area contributed by atoms with Crippen molar-refractivity contribution in [3.05, 3.63) is 139 Å². The Balaban J connectivity index is 1.27. The number of thiazole rings is 1. The number of nitrogens with zero attached hydrogens (tertiary/aromatic N) is 4. The van der Waals surface area contributed by atoms with Crippen molar-refractivity contribution in [2.45, 2.75) is 38.1 Å². The number of rotatable bonds is 6. The van der Waals surface area contributed by atoms with Crippen molar-refractivity contribution in [3.8, 4) is 5.88 Å². The Morgan fingerprint density at radius 3 is 2.32 bits per heavy atom. The van der Waals surface area contributed by atoms with Gasteiger partial charge < -0.3 is 10.0 Å². The highest BCUT2D eigenvalue weighted by Crippen LogP contribution is 2.50. The first-order chi connectivity index (χ1) is 24.3. The van der Waals surface area contributed by atoms with Crippen LogP contribution >= 0.6 is 23.1 Å². The summed E-state index contributed by atoms with van der Waals surface area (Å²) in [7, 11) is 2.96. The Morgan fingerprint density at radius 2 is 1.56 bits per heavy atom. The number of thioether (sulfide) groups is 1. The maximum Gasteiger partial charge on any atom is 0.333 e. The number of aromatic hydroxyl groups is 1. The van der Waals surface area contributed by atoms with Crippen LogP contribution in [0.25, 0.3) is 43.4 Å². The van der Waals surface area contributed by atoms with E-state index in [1.165, 1.54) is 56.4 Å². The molecule has 0 saturated carbocycles. The molecule has 3 heterocycles. The molecule has 0 saturated heterocycles. The SMILES string of the molecule is CCN1/C(=C/C=C2\CCC(/C=C/c3sc4ccc5ccccc5c4[n+]3CC)=C2c2c(O)n(C)c(=O)n(C)c2=O)Sc2ccc3ccccc3c21. The van der Waals surface area contributed by atoms with Gasteiger partial charge in [-0.3, -0.25) is 13.9 Å². The van der Waals surface area contributed by atoms with Crippen LogP contribution in [0, 0.1) is 0 Å².